The summed E-state index contributed by atoms with van der Waals surface area (Å²) in [4.78, 5) is 22.6. The van der Waals surface area contributed by atoms with Gasteiger partial charge in [0.15, 0.2) is 0 Å². The monoisotopic (exact) mass is 305 g/mol. The Hall–Kier alpha value is -2.30. The van der Waals surface area contributed by atoms with Gasteiger partial charge in [-0.2, -0.15) is 0 Å². The van der Waals surface area contributed by atoms with Crippen LogP contribution in [0.3, 0.4) is 0 Å². The normalized spacial score (nSPS) is 11.4. The number of aliphatic carboxylic acids is 1. The molecule has 1 aromatic rings. The highest BCUT2D eigenvalue weighted by Crippen LogP contribution is 2.14. The van der Waals surface area contributed by atoms with Crippen LogP contribution >= 0.6 is 0 Å². The lowest BCUT2D eigenvalue weighted by Crippen LogP contribution is -2.32. The Labute approximate surface area is 131 Å². The predicted molar refractivity (Wildman–Crippen MR) is 85.2 cm³/mol. The van der Waals surface area contributed by atoms with Crippen molar-refractivity contribution in [1.29, 1.82) is 0 Å². The Balaban J connectivity index is 2.58. The average molecular weight is 305 g/mol. The van der Waals surface area contributed by atoms with E-state index in [0.717, 1.165) is 0 Å². The quantitative estimate of drug-likeness (QED) is 0.724. The van der Waals surface area contributed by atoms with Gasteiger partial charge in [0.1, 0.15) is 12.4 Å². The highest BCUT2D eigenvalue weighted by molar-refractivity contribution is 5.94. The number of hydrogen-bond donors (Lipinski definition) is 2. The first-order valence-corrected chi connectivity index (χ1v) is 7.27. The second-order valence-corrected chi connectivity index (χ2v) is 5.43. The van der Waals surface area contributed by atoms with Gasteiger partial charge in [-0.25, -0.2) is 0 Å². The number of carbonyl (C=O) groups excluding carboxylic acids is 1. The predicted octanol–water partition coefficient (Wildman–Crippen LogP) is 3.01. The second kappa shape index (κ2) is 8.87. The maximum Gasteiger partial charge on any atom is 0.303 e. The molecule has 0 bridgehead atoms. The Kier molecular flexibility index (Phi) is 7.16. The molecule has 22 heavy (non-hydrogen) atoms. The van der Waals surface area contributed by atoms with Crippen LogP contribution in [-0.2, 0) is 4.79 Å². The molecule has 1 amide bonds. The summed E-state index contributed by atoms with van der Waals surface area (Å²) < 4.78 is 5.56. The Morgan fingerprint density at radius 3 is 2.73 bits per heavy atom. The highest BCUT2D eigenvalue weighted by atomic mass is 16.5. The highest BCUT2D eigenvalue weighted by Gasteiger charge is 2.11. The molecular weight excluding hydrogens is 282 g/mol. The van der Waals surface area contributed by atoms with Crippen molar-refractivity contribution in [2.75, 3.05) is 6.61 Å². The van der Waals surface area contributed by atoms with Gasteiger partial charge in [0.05, 0.1) is 0 Å². The maximum atomic E-state index is 12.1. The molecule has 0 aliphatic rings. The summed E-state index contributed by atoms with van der Waals surface area (Å²) in [5.74, 6) is -0.468. The number of amides is 1. The van der Waals surface area contributed by atoms with Crippen LogP contribution in [0.2, 0.25) is 0 Å². The molecule has 0 spiro atoms. The van der Waals surface area contributed by atoms with Crippen LogP contribution in [0.15, 0.2) is 35.9 Å². The number of benzene rings is 1. The molecule has 2 N–H and O–H groups in total. The van der Waals surface area contributed by atoms with E-state index in [1.165, 1.54) is 5.57 Å². The molecular formula is C17H23NO4. The van der Waals surface area contributed by atoms with Crippen LogP contribution < -0.4 is 10.1 Å². The van der Waals surface area contributed by atoms with Crippen molar-refractivity contribution < 1.29 is 19.4 Å². The zero-order valence-corrected chi connectivity index (χ0v) is 13.3. The Morgan fingerprint density at radius 1 is 1.36 bits per heavy atom. The molecule has 1 aromatic carbocycles. The molecule has 5 heteroatoms. The van der Waals surface area contributed by atoms with Gasteiger partial charge in [-0.05, 0) is 51.5 Å². The third-order valence-corrected chi connectivity index (χ3v) is 3.01. The number of rotatable bonds is 8. The average Bonchev–Trinajstić information content (AvgIpc) is 2.45. The van der Waals surface area contributed by atoms with Gasteiger partial charge < -0.3 is 15.2 Å². The standard InChI is InChI=1S/C17H23NO4/c1-12(2)9-10-22-15-6-4-5-14(11-15)17(21)18-13(3)7-8-16(19)20/h4-6,9,11,13H,7-8,10H2,1-3H3,(H,18,21)(H,19,20). The van der Waals surface area contributed by atoms with Crippen LogP contribution in [0.25, 0.3) is 0 Å². The zero-order chi connectivity index (χ0) is 16.5. The number of carboxylic acids is 1. The van der Waals surface area contributed by atoms with Gasteiger partial charge >= 0.3 is 5.97 Å². The van der Waals surface area contributed by atoms with E-state index in [0.29, 0.717) is 24.3 Å². The summed E-state index contributed by atoms with van der Waals surface area (Å²) in [6.07, 6.45) is 2.39. The van der Waals surface area contributed by atoms with Gasteiger partial charge in [-0.15, -0.1) is 0 Å². The van der Waals surface area contributed by atoms with Gasteiger partial charge in [0.25, 0.3) is 5.91 Å². The fourth-order valence-electron chi connectivity index (χ4n) is 1.75. The third-order valence-electron chi connectivity index (χ3n) is 3.01. The number of nitrogens with one attached hydrogen (secondary N) is 1. The molecule has 1 atom stereocenters. The summed E-state index contributed by atoms with van der Waals surface area (Å²) in [7, 11) is 0. The molecule has 120 valence electrons. The van der Waals surface area contributed by atoms with Crippen molar-refractivity contribution in [3.63, 3.8) is 0 Å². The molecule has 1 rings (SSSR count). The molecule has 0 saturated heterocycles. The van der Waals surface area contributed by atoms with Crippen LogP contribution in [0.4, 0.5) is 0 Å². The summed E-state index contributed by atoms with van der Waals surface area (Å²) in [5, 5.41) is 11.4. The van der Waals surface area contributed by atoms with Gasteiger partial charge in [-0.1, -0.05) is 11.6 Å². The van der Waals surface area contributed by atoms with Crippen LogP contribution in [0.1, 0.15) is 44.0 Å². The fraction of sp³-hybridized carbons (Fsp3) is 0.412. The topological polar surface area (TPSA) is 75.6 Å². The molecule has 1 unspecified atom stereocenters. The van der Waals surface area contributed by atoms with Crippen molar-refractivity contribution in [1.82, 2.24) is 5.32 Å². The zero-order valence-electron chi connectivity index (χ0n) is 13.3. The largest absolute Gasteiger partial charge is 0.490 e. The van der Waals surface area contributed by atoms with E-state index in [9.17, 15) is 9.59 Å². The smallest absolute Gasteiger partial charge is 0.303 e. The minimum absolute atomic E-state index is 0.0350. The summed E-state index contributed by atoms with van der Waals surface area (Å²) in [6.45, 7) is 6.23. The third kappa shape index (κ3) is 6.92. The van der Waals surface area contributed by atoms with E-state index in [2.05, 4.69) is 5.32 Å². The molecule has 0 aromatic heterocycles. The molecule has 0 fully saturated rings. The van der Waals surface area contributed by atoms with E-state index in [1.807, 2.05) is 19.9 Å². The summed E-state index contributed by atoms with van der Waals surface area (Å²) in [5.41, 5.74) is 1.66. The Morgan fingerprint density at radius 2 is 2.09 bits per heavy atom. The van der Waals surface area contributed by atoms with Crippen molar-refractivity contribution in [2.24, 2.45) is 0 Å². The lowest BCUT2D eigenvalue weighted by atomic mass is 10.1. The maximum absolute atomic E-state index is 12.1. The first kappa shape index (κ1) is 17.8. The first-order valence-electron chi connectivity index (χ1n) is 7.27. The fourth-order valence-corrected chi connectivity index (χ4v) is 1.75. The van der Waals surface area contributed by atoms with Crippen LogP contribution in [0.5, 0.6) is 5.75 Å². The Bertz CT molecular complexity index is 547. The molecule has 5 nitrogen and oxygen atoms in total. The van der Waals surface area contributed by atoms with Crippen LogP contribution in [-0.4, -0.2) is 29.6 Å². The van der Waals surface area contributed by atoms with Crippen LogP contribution in [0, 0.1) is 0 Å². The number of carboxylic acid groups (broad SMARTS) is 1. The molecule has 0 aliphatic heterocycles. The molecule has 0 saturated carbocycles. The van der Waals surface area contributed by atoms with E-state index >= 15 is 0 Å². The summed E-state index contributed by atoms with van der Waals surface area (Å²) >= 11 is 0. The number of hydrogen-bond acceptors (Lipinski definition) is 3. The minimum Gasteiger partial charge on any atom is -0.490 e. The number of carbonyl (C=O) groups is 2. The SMILES string of the molecule is CC(C)=CCOc1cccc(C(=O)NC(C)CCC(=O)O)c1. The van der Waals surface area contributed by atoms with Gasteiger partial charge in [0, 0.05) is 18.0 Å². The lowest BCUT2D eigenvalue weighted by Gasteiger charge is -2.13. The minimum atomic E-state index is -0.865. The van der Waals surface area contributed by atoms with Gasteiger partial charge in [-0.3, -0.25) is 9.59 Å². The van der Waals surface area contributed by atoms with Crippen molar-refractivity contribution in [3.8, 4) is 5.75 Å². The number of allylic oxidation sites excluding steroid dienone is 1. The lowest BCUT2D eigenvalue weighted by molar-refractivity contribution is -0.137. The van der Waals surface area contributed by atoms with E-state index in [-0.39, 0.29) is 18.4 Å². The summed E-state index contributed by atoms with van der Waals surface area (Å²) in [6, 6.07) is 6.74. The molecule has 0 heterocycles. The van der Waals surface area contributed by atoms with Crippen molar-refractivity contribution in [3.05, 3.63) is 41.5 Å². The molecule has 0 aliphatic carbocycles. The second-order valence-electron chi connectivity index (χ2n) is 5.43. The number of ether oxygens (including phenoxy) is 1. The van der Waals surface area contributed by atoms with E-state index in [4.69, 9.17) is 9.84 Å². The first-order chi connectivity index (χ1) is 10.4. The van der Waals surface area contributed by atoms with Crippen molar-refractivity contribution >= 4 is 11.9 Å². The van der Waals surface area contributed by atoms with E-state index in [1.54, 1.807) is 31.2 Å². The van der Waals surface area contributed by atoms with Crippen molar-refractivity contribution in [2.45, 2.75) is 39.7 Å². The molecule has 0 radical (unpaired) electrons. The van der Waals surface area contributed by atoms with Gasteiger partial charge in [0.2, 0.25) is 0 Å². The van der Waals surface area contributed by atoms with E-state index < -0.39 is 5.97 Å².